The maximum Gasteiger partial charge on any atom is 0.244 e. The van der Waals surface area contributed by atoms with Gasteiger partial charge in [-0.05, 0) is 48.5 Å². The van der Waals surface area contributed by atoms with Gasteiger partial charge in [-0.1, -0.05) is 0 Å². The van der Waals surface area contributed by atoms with Crippen molar-refractivity contribution in [2.24, 2.45) is 11.1 Å². The van der Waals surface area contributed by atoms with E-state index < -0.39 is 17.0 Å². The van der Waals surface area contributed by atoms with Gasteiger partial charge in [0.2, 0.25) is 11.8 Å². The number of rotatable bonds is 6. The fraction of sp³-hybridized carbons (Fsp3) is 0.857. The Morgan fingerprint density at radius 3 is 1.89 bits per heavy atom. The summed E-state index contributed by atoms with van der Waals surface area (Å²) in [5.41, 5.74) is 4.62. The van der Waals surface area contributed by atoms with Crippen molar-refractivity contribution >= 4 is 11.8 Å². The van der Waals surface area contributed by atoms with E-state index in [-0.39, 0.29) is 11.8 Å². The molecule has 112 valence electrons. The Labute approximate surface area is 116 Å². The van der Waals surface area contributed by atoms with Gasteiger partial charge in [-0.3, -0.25) is 9.59 Å². The molecule has 0 fully saturated rings. The highest BCUT2D eigenvalue weighted by atomic mass is 16.2. The van der Waals surface area contributed by atoms with E-state index in [4.69, 9.17) is 5.73 Å². The molecular weight excluding hydrogens is 242 g/mol. The molecule has 0 bridgehead atoms. The van der Waals surface area contributed by atoms with E-state index >= 15 is 0 Å². The van der Waals surface area contributed by atoms with Crippen LogP contribution in [0.4, 0.5) is 0 Å². The molecule has 0 heterocycles. The molecule has 0 saturated heterocycles. The highest BCUT2D eigenvalue weighted by molar-refractivity contribution is 5.90. The van der Waals surface area contributed by atoms with Gasteiger partial charge < -0.3 is 16.0 Å². The third-order valence-electron chi connectivity index (χ3n) is 3.97. The van der Waals surface area contributed by atoms with Crippen molar-refractivity contribution in [1.82, 2.24) is 10.2 Å². The van der Waals surface area contributed by atoms with Gasteiger partial charge in [-0.15, -0.1) is 0 Å². The lowest BCUT2D eigenvalue weighted by molar-refractivity contribution is -0.139. The number of hydrogen-bond acceptors (Lipinski definition) is 3. The largest absolute Gasteiger partial charge is 0.344 e. The van der Waals surface area contributed by atoms with Crippen molar-refractivity contribution < 1.29 is 9.59 Å². The van der Waals surface area contributed by atoms with Gasteiger partial charge in [0, 0.05) is 18.6 Å². The average Bonchev–Trinajstić information content (AvgIpc) is 2.28. The normalized spacial score (nSPS) is 13.9. The standard InChI is InChI=1S/C14H29N3O2/c1-8-17(9-2)11(18)10(3)16-12(19)13(4,5)14(6,7)15/h10H,8-9,15H2,1-7H3,(H,16,19). The summed E-state index contributed by atoms with van der Waals surface area (Å²) >= 11 is 0. The number of likely N-dealkylation sites (N-methyl/N-ethyl adjacent to an activating group) is 1. The minimum Gasteiger partial charge on any atom is -0.344 e. The minimum atomic E-state index is -0.745. The van der Waals surface area contributed by atoms with Crippen molar-refractivity contribution in [3.05, 3.63) is 0 Å². The number of carbonyl (C=O) groups excluding carboxylic acids is 2. The lowest BCUT2D eigenvalue weighted by Crippen LogP contribution is -2.58. The quantitative estimate of drug-likeness (QED) is 0.760. The van der Waals surface area contributed by atoms with Crippen molar-refractivity contribution in [2.75, 3.05) is 13.1 Å². The number of amides is 2. The zero-order valence-corrected chi connectivity index (χ0v) is 13.3. The Bertz CT molecular complexity index is 328. The third kappa shape index (κ3) is 4.20. The first-order valence-corrected chi connectivity index (χ1v) is 6.87. The highest BCUT2D eigenvalue weighted by Crippen LogP contribution is 2.28. The highest BCUT2D eigenvalue weighted by Gasteiger charge is 2.41. The first-order chi connectivity index (χ1) is 8.48. The molecule has 1 unspecified atom stereocenters. The number of nitrogens with zero attached hydrogens (tertiary/aromatic N) is 1. The molecule has 5 heteroatoms. The number of hydrogen-bond donors (Lipinski definition) is 2. The summed E-state index contributed by atoms with van der Waals surface area (Å²) in [7, 11) is 0. The molecule has 0 aromatic rings. The van der Waals surface area contributed by atoms with Crippen LogP contribution in [0.2, 0.25) is 0 Å². The van der Waals surface area contributed by atoms with Crippen LogP contribution in [0.1, 0.15) is 48.5 Å². The number of carbonyl (C=O) groups is 2. The molecule has 0 saturated carbocycles. The van der Waals surface area contributed by atoms with Gasteiger partial charge >= 0.3 is 0 Å². The minimum absolute atomic E-state index is 0.0658. The topological polar surface area (TPSA) is 75.4 Å². The smallest absolute Gasteiger partial charge is 0.244 e. The molecular formula is C14H29N3O2. The van der Waals surface area contributed by atoms with Gasteiger partial charge in [0.05, 0.1) is 5.41 Å². The summed E-state index contributed by atoms with van der Waals surface area (Å²) in [5.74, 6) is -0.267. The summed E-state index contributed by atoms with van der Waals surface area (Å²) in [5, 5.41) is 2.77. The molecule has 2 amide bonds. The molecule has 0 spiro atoms. The molecule has 0 radical (unpaired) electrons. The van der Waals surface area contributed by atoms with Crippen molar-refractivity contribution in [1.29, 1.82) is 0 Å². The van der Waals surface area contributed by atoms with Crippen LogP contribution in [-0.2, 0) is 9.59 Å². The SMILES string of the molecule is CCN(CC)C(=O)C(C)NC(=O)C(C)(C)C(C)(C)N. The van der Waals surface area contributed by atoms with Crippen molar-refractivity contribution in [2.45, 2.75) is 60.0 Å². The predicted molar refractivity (Wildman–Crippen MR) is 77.6 cm³/mol. The molecule has 0 aromatic heterocycles. The van der Waals surface area contributed by atoms with E-state index in [9.17, 15) is 9.59 Å². The van der Waals surface area contributed by atoms with E-state index in [2.05, 4.69) is 5.32 Å². The van der Waals surface area contributed by atoms with E-state index in [0.29, 0.717) is 13.1 Å². The number of nitrogens with two attached hydrogens (primary N) is 1. The average molecular weight is 271 g/mol. The van der Waals surface area contributed by atoms with E-state index in [0.717, 1.165) is 0 Å². The van der Waals surface area contributed by atoms with Crippen LogP contribution in [0, 0.1) is 5.41 Å². The third-order valence-corrected chi connectivity index (χ3v) is 3.97. The van der Waals surface area contributed by atoms with Crippen LogP contribution in [0.3, 0.4) is 0 Å². The molecule has 1 atom stereocenters. The fourth-order valence-corrected chi connectivity index (χ4v) is 1.54. The maximum absolute atomic E-state index is 12.3. The van der Waals surface area contributed by atoms with Gasteiger partial charge in [0.15, 0.2) is 0 Å². The second kappa shape index (κ2) is 6.37. The Kier molecular flexibility index (Phi) is 6.00. The van der Waals surface area contributed by atoms with Crippen LogP contribution in [0.15, 0.2) is 0 Å². The van der Waals surface area contributed by atoms with Crippen LogP contribution >= 0.6 is 0 Å². The van der Waals surface area contributed by atoms with Crippen LogP contribution < -0.4 is 11.1 Å². The van der Waals surface area contributed by atoms with Gasteiger partial charge in [0.25, 0.3) is 0 Å². The Morgan fingerprint density at radius 1 is 1.16 bits per heavy atom. The predicted octanol–water partition coefficient (Wildman–Crippen LogP) is 1.12. The first kappa shape index (κ1) is 17.9. The monoisotopic (exact) mass is 271 g/mol. The van der Waals surface area contributed by atoms with Crippen LogP contribution in [0.25, 0.3) is 0 Å². The first-order valence-electron chi connectivity index (χ1n) is 6.87. The molecule has 0 rings (SSSR count). The van der Waals surface area contributed by atoms with E-state index in [1.165, 1.54) is 0 Å². The fourth-order valence-electron chi connectivity index (χ4n) is 1.54. The number of nitrogens with one attached hydrogen (secondary N) is 1. The Morgan fingerprint density at radius 2 is 1.58 bits per heavy atom. The summed E-state index contributed by atoms with van der Waals surface area (Å²) < 4.78 is 0. The van der Waals surface area contributed by atoms with Crippen LogP contribution in [0.5, 0.6) is 0 Å². The maximum atomic E-state index is 12.3. The molecule has 0 aliphatic heterocycles. The second-order valence-corrected chi connectivity index (χ2v) is 6.05. The molecule has 0 aromatic carbocycles. The lowest BCUT2D eigenvalue weighted by atomic mass is 9.74. The van der Waals surface area contributed by atoms with E-state index in [1.807, 2.05) is 27.7 Å². The zero-order valence-electron chi connectivity index (χ0n) is 13.3. The molecule has 0 aliphatic rings. The Balaban J connectivity index is 4.79. The summed E-state index contributed by atoms with van der Waals surface area (Å²) in [4.78, 5) is 26.1. The van der Waals surface area contributed by atoms with Gasteiger partial charge in [-0.2, -0.15) is 0 Å². The second-order valence-electron chi connectivity index (χ2n) is 6.05. The Hall–Kier alpha value is -1.10. The zero-order chi connectivity index (χ0) is 15.4. The van der Waals surface area contributed by atoms with Gasteiger partial charge in [0.1, 0.15) is 6.04 Å². The summed E-state index contributed by atoms with van der Waals surface area (Å²) in [6, 6.07) is -0.533. The molecule has 19 heavy (non-hydrogen) atoms. The lowest BCUT2D eigenvalue weighted by Gasteiger charge is -2.37. The summed E-state index contributed by atoms with van der Waals surface area (Å²) in [6.45, 7) is 14.0. The van der Waals surface area contributed by atoms with Crippen molar-refractivity contribution in [3.63, 3.8) is 0 Å². The van der Waals surface area contributed by atoms with E-state index in [1.54, 1.807) is 25.7 Å². The summed E-state index contributed by atoms with van der Waals surface area (Å²) in [6.07, 6.45) is 0. The molecule has 3 N–H and O–H groups in total. The van der Waals surface area contributed by atoms with Gasteiger partial charge in [-0.25, -0.2) is 0 Å². The van der Waals surface area contributed by atoms with Crippen LogP contribution in [-0.4, -0.2) is 41.4 Å². The van der Waals surface area contributed by atoms with Crippen molar-refractivity contribution in [3.8, 4) is 0 Å². The molecule has 5 nitrogen and oxygen atoms in total. The molecule has 0 aliphatic carbocycles.